The molecule has 0 aromatic rings. The molecule has 0 heterocycles. The Kier molecular flexibility index (Phi) is 7.00. The van der Waals surface area contributed by atoms with Gasteiger partial charge in [-0.25, -0.2) is 0 Å². The molecule has 0 amide bonds. The summed E-state index contributed by atoms with van der Waals surface area (Å²) < 4.78 is 0. The number of hydrogen-bond acceptors (Lipinski definition) is 0. The van der Waals surface area contributed by atoms with Gasteiger partial charge in [0.05, 0.1) is 0 Å². The summed E-state index contributed by atoms with van der Waals surface area (Å²) in [5.41, 5.74) is 0. The molecule has 0 rings (SSSR count). The summed E-state index contributed by atoms with van der Waals surface area (Å²) >= 11 is 0. The number of allylic oxidation sites excluding steroid dienone is 1. The summed E-state index contributed by atoms with van der Waals surface area (Å²) in [4.78, 5) is 0. The molecule has 0 radical (unpaired) electrons. The Bertz CT molecular complexity index is 209. The maximum Gasteiger partial charge on any atom is -0.0140 e. The first kappa shape index (κ1) is 17.2. The molecule has 0 aromatic heterocycles. The van der Waals surface area contributed by atoms with E-state index in [4.69, 9.17) is 0 Å². The van der Waals surface area contributed by atoms with Crippen LogP contribution in [-0.4, -0.2) is 10.3 Å². The fourth-order valence-corrected chi connectivity index (χ4v) is 5.67. The van der Waals surface area contributed by atoms with Crippen molar-refractivity contribution in [2.45, 2.75) is 85.0 Å². The SMILES string of the molecule is CCC(CC)CC=CP(C(C)(C)C)C(C)(C)C. The Balaban J connectivity index is 4.62. The predicted molar refractivity (Wildman–Crippen MR) is 84.3 cm³/mol. The van der Waals surface area contributed by atoms with Gasteiger partial charge in [-0.15, -0.1) is 0 Å². The molecule has 0 atom stereocenters. The fraction of sp³-hybridized carbons (Fsp3) is 0.875. The molecule has 0 aliphatic carbocycles. The highest BCUT2D eigenvalue weighted by atomic mass is 31.1. The monoisotopic (exact) mass is 256 g/mol. The molecular formula is C16H33P. The van der Waals surface area contributed by atoms with Crippen LogP contribution in [0, 0.1) is 5.92 Å². The van der Waals surface area contributed by atoms with Crippen molar-refractivity contribution in [2.75, 3.05) is 0 Å². The van der Waals surface area contributed by atoms with Gasteiger partial charge < -0.3 is 0 Å². The van der Waals surface area contributed by atoms with Crippen molar-refractivity contribution in [1.82, 2.24) is 0 Å². The van der Waals surface area contributed by atoms with E-state index in [2.05, 4.69) is 67.3 Å². The lowest BCUT2D eigenvalue weighted by molar-refractivity contribution is 0.500. The van der Waals surface area contributed by atoms with E-state index in [1.165, 1.54) is 19.3 Å². The van der Waals surface area contributed by atoms with Gasteiger partial charge in [0.1, 0.15) is 0 Å². The van der Waals surface area contributed by atoms with Gasteiger partial charge in [-0.3, -0.25) is 0 Å². The summed E-state index contributed by atoms with van der Waals surface area (Å²) in [7, 11) is -0.0640. The largest absolute Gasteiger partial charge is 0.0837 e. The summed E-state index contributed by atoms with van der Waals surface area (Å²) in [6, 6.07) is 0. The first-order valence-electron chi connectivity index (χ1n) is 7.09. The molecule has 0 saturated heterocycles. The molecule has 0 aromatic carbocycles. The molecule has 1 heteroatoms. The molecular weight excluding hydrogens is 223 g/mol. The van der Waals surface area contributed by atoms with Gasteiger partial charge in [0.15, 0.2) is 0 Å². The van der Waals surface area contributed by atoms with Crippen molar-refractivity contribution in [2.24, 2.45) is 5.92 Å². The molecule has 0 fully saturated rings. The van der Waals surface area contributed by atoms with Crippen molar-refractivity contribution in [3.8, 4) is 0 Å². The zero-order chi connectivity index (χ0) is 13.7. The Morgan fingerprint density at radius 1 is 0.882 bits per heavy atom. The average Bonchev–Trinajstić information content (AvgIpc) is 2.14. The first-order chi connectivity index (χ1) is 7.62. The second kappa shape index (κ2) is 6.93. The van der Waals surface area contributed by atoms with Gasteiger partial charge in [0.25, 0.3) is 0 Å². The third-order valence-electron chi connectivity index (χ3n) is 3.32. The maximum atomic E-state index is 2.54. The molecule has 102 valence electrons. The molecule has 0 aliphatic rings. The normalized spacial score (nSPS) is 14.2. The third kappa shape index (κ3) is 6.61. The molecule has 0 spiro atoms. The quantitative estimate of drug-likeness (QED) is 0.499. The van der Waals surface area contributed by atoms with Crippen LogP contribution in [-0.2, 0) is 0 Å². The van der Waals surface area contributed by atoms with Crippen LogP contribution in [0.1, 0.15) is 74.7 Å². The Hall–Kier alpha value is 0.170. The molecule has 0 bridgehead atoms. The van der Waals surface area contributed by atoms with E-state index in [0.29, 0.717) is 10.3 Å². The van der Waals surface area contributed by atoms with Crippen LogP contribution in [0.5, 0.6) is 0 Å². The minimum absolute atomic E-state index is 0.0640. The highest BCUT2D eigenvalue weighted by Gasteiger charge is 2.31. The van der Waals surface area contributed by atoms with Crippen molar-refractivity contribution in [1.29, 1.82) is 0 Å². The van der Waals surface area contributed by atoms with Gasteiger partial charge >= 0.3 is 0 Å². The van der Waals surface area contributed by atoms with E-state index in [0.717, 1.165) is 5.92 Å². The van der Waals surface area contributed by atoms with Crippen molar-refractivity contribution in [3.63, 3.8) is 0 Å². The minimum atomic E-state index is -0.0640. The molecule has 0 saturated carbocycles. The topological polar surface area (TPSA) is 0 Å². The van der Waals surface area contributed by atoms with Gasteiger partial charge in [-0.2, -0.15) is 0 Å². The lowest BCUT2D eigenvalue weighted by atomic mass is 10.00. The number of rotatable bonds is 5. The third-order valence-corrected chi connectivity index (χ3v) is 6.72. The Morgan fingerprint density at radius 3 is 1.59 bits per heavy atom. The van der Waals surface area contributed by atoms with Crippen LogP contribution in [0.3, 0.4) is 0 Å². The van der Waals surface area contributed by atoms with Crippen LogP contribution in [0.25, 0.3) is 0 Å². The smallest absolute Gasteiger partial charge is 0.0140 e. The fourth-order valence-electron chi connectivity index (χ4n) is 2.43. The van der Waals surface area contributed by atoms with Gasteiger partial charge in [0, 0.05) is 0 Å². The summed E-state index contributed by atoms with van der Waals surface area (Å²) in [5.74, 6) is 3.41. The molecule has 0 nitrogen and oxygen atoms in total. The van der Waals surface area contributed by atoms with Gasteiger partial charge in [0.2, 0.25) is 0 Å². The van der Waals surface area contributed by atoms with Crippen LogP contribution in [0.4, 0.5) is 0 Å². The van der Waals surface area contributed by atoms with Crippen LogP contribution in [0.2, 0.25) is 0 Å². The van der Waals surface area contributed by atoms with Gasteiger partial charge in [-0.1, -0.05) is 88.0 Å². The van der Waals surface area contributed by atoms with E-state index in [9.17, 15) is 0 Å². The minimum Gasteiger partial charge on any atom is -0.0837 e. The molecule has 17 heavy (non-hydrogen) atoms. The Morgan fingerprint density at radius 2 is 1.29 bits per heavy atom. The highest BCUT2D eigenvalue weighted by Crippen LogP contribution is 2.60. The standard InChI is InChI=1S/C16H33P/c1-9-14(10-2)12-11-13-17(15(3,4)5)16(6,7)8/h11,13-14H,9-10,12H2,1-8H3. The summed E-state index contributed by atoms with van der Waals surface area (Å²) in [6.45, 7) is 18.9. The van der Waals surface area contributed by atoms with E-state index in [-0.39, 0.29) is 7.92 Å². The van der Waals surface area contributed by atoms with E-state index in [1.807, 2.05) is 0 Å². The van der Waals surface area contributed by atoms with E-state index >= 15 is 0 Å². The average molecular weight is 256 g/mol. The first-order valence-corrected chi connectivity index (χ1v) is 8.50. The second-order valence-electron chi connectivity index (χ2n) is 7.01. The zero-order valence-electron chi connectivity index (χ0n) is 13.3. The second-order valence-corrected chi connectivity index (χ2v) is 10.7. The summed E-state index contributed by atoms with van der Waals surface area (Å²) in [6.07, 6.45) is 6.34. The van der Waals surface area contributed by atoms with E-state index < -0.39 is 0 Å². The van der Waals surface area contributed by atoms with E-state index in [1.54, 1.807) is 0 Å². The van der Waals surface area contributed by atoms with Crippen LogP contribution < -0.4 is 0 Å². The lowest BCUT2D eigenvalue weighted by Crippen LogP contribution is -2.23. The zero-order valence-corrected chi connectivity index (χ0v) is 14.2. The van der Waals surface area contributed by atoms with Gasteiger partial charge in [-0.05, 0) is 22.7 Å². The maximum absolute atomic E-state index is 2.54. The predicted octanol–water partition coefficient (Wildman–Crippen LogP) is 6.41. The van der Waals surface area contributed by atoms with Crippen LogP contribution in [0.15, 0.2) is 11.9 Å². The van der Waals surface area contributed by atoms with Crippen molar-refractivity contribution >= 4 is 7.92 Å². The number of hydrogen-bond donors (Lipinski definition) is 0. The molecule has 0 unspecified atom stereocenters. The van der Waals surface area contributed by atoms with Crippen molar-refractivity contribution < 1.29 is 0 Å². The summed E-state index contributed by atoms with van der Waals surface area (Å²) in [5, 5.41) is 0.829. The lowest BCUT2D eigenvalue weighted by Gasteiger charge is -2.39. The highest BCUT2D eigenvalue weighted by molar-refractivity contribution is 7.63. The molecule has 0 aliphatic heterocycles. The Labute approximate surface area is 111 Å². The molecule has 0 N–H and O–H groups in total. The van der Waals surface area contributed by atoms with Crippen LogP contribution >= 0.6 is 7.92 Å². The van der Waals surface area contributed by atoms with Crippen molar-refractivity contribution in [3.05, 3.63) is 11.9 Å².